The van der Waals surface area contributed by atoms with Crippen LogP contribution in [0.2, 0.25) is 0 Å². The van der Waals surface area contributed by atoms with Crippen LogP contribution in [0.3, 0.4) is 0 Å². The topological polar surface area (TPSA) is 54.5 Å². The van der Waals surface area contributed by atoms with E-state index in [1.54, 1.807) is 23.1 Å². The number of fused-ring (bicyclic) bond motifs is 1. The molecule has 4 nitrogen and oxygen atoms in total. The van der Waals surface area contributed by atoms with Crippen molar-refractivity contribution >= 4 is 21.4 Å². The maximum absolute atomic E-state index is 12.6. The Bertz CT molecular complexity index is 800. The van der Waals surface area contributed by atoms with Crippen LogP contribution in [0.1, 0.15) is 12.5 Å². The molecule has 0 saturated heterocycles. The summed E-state index contributed by atoms with van der Waals surface area (Å²) >= 11 is 0. The molecule has 1 heterocycles. The van der Waals surface area contributed by atoms with Gasteiger partial charge in [0.2, 0.25) is 5.91 Å². The van der Waals surface area contributed by atoms with Gasteiger partial charge in [0.25, 0.3) is 0 Å². The summed E-state index contributed by atoms with van der Waals surface area (Å²) < 4.78 is 24.7. The quantitative estimate of drug-likeness (QED) is 0.874. The molecule has 1 aliphatic rings. The molecule has 0 spiro atoms. The number of benzene rings is 2. The predicted molar refractivity (Wildman–Crippen MR) is 85.6 cm³/mol. The van der Waals surface area contributed by atoms with E-state index in [0.717, 1.165) is 17.7 Å². The molecule has 0 fully saturated rings. The minimum Gasteiger partial charge on any atom is -0.308 e. The minimum atomic E-state index is -3.61. The zero-order valence-corrected chi connectivity index (χ0v) is 13.1. The van der Waals surface area contributed by atoms with Crippen LogP contribution in [0, 0.1) is 0 Å². The highest BCUT2D eigenvalue weighted by Crippen LogP contribution is 2.32. The van der Waals surface area contributed by atoms with Crippen LogP contribution in [0.5, 0.6) is 0 Å². The van der Waals surface area contributed by atoms with Gasteiger partial charge in [-0.2, -0.15) is 0 Å². The van der Waals surface area contributed by atoms with Gasteiger partial charge in [-0.3, -0.25) is 4.79 Å². The van der Waals surface area contributed by atoms with E-state index >= 15 is 0 Å². The van der Waals surface area contributed by atoms with E-state index in [2.05, 4.69) is 0 Å². The van der Waals surface area contributed by atoms with Gasteiger partial charge in [-0.05, 0) is 37.1 Å². The maximum atomic E-state index is 12.6. The molecule has 22 heavy (non-hydrogen) atoms. The number of hydrogen-bond donors (Lipinski definition) is 0. The molecule has 5 heteroatoms. The number of carbonyl (C=O) groups excluding carboxylic acids is 1. The van der Waals surface area contributed by atoms with E-state index in [4.69, 9.17) is 0 Å². The van der Waals surface area contributed by atoms with Crippen LogP contribution in [0.4, 0.5) is 5.69 Å². The molecule has 2 aromatic carbocycles. The Labute approximate surface area is 130 Å². The molecular formula is C17H17NO3S. The van der Waals surface area contributed by atoms with Gasteiger partial charge in [-0.15, -0.1) is 0 Å². The average molecular weight is 315 g/mol. The normalized spacial score (nSPS) is 17.3. The van der Waals surface area contributed by atoms with Gasteiger partial charge in [0.1, 0.15) is 5.75 Å². The summed E-state index contributed by atoms with van der Waals surface area (Å²) in [5, 5.41) is 0. The Balaban J connectivity index is 1.87. The summed E-state index contributed by atoms with van der Waals surface area (Å²) in [6.07, 6.45) is 0.757. The first-order valence-electron chi connectivity index (χ1n) is 7.17. The zero-order chi connectivity index (χ0) is 15.7. The van der Waals surface area contributed by atoms with E-state index < -0.39 is 15.6 Å². The molecular weight excluding hydrogens is 298 g/mol. The Morgan fingerprint density at radius 1 is 1.09 bits per heavy atom. The monoisotopic (exact) mass is 315 g/mol. The molecule has 114 valence electrons. The maximum Gasteiger partial charge on any atom is 0.242 e. The molecule has 3 rings (SSSR count). The number of nitrogens with zero attached hydrogens (tertiary/aromatic N) is 1. The van der Waals surface area contributed by atoms with Crippen LogP contribution in [-0.2, 0) is 21.1 Å². The van der Waals surface area contributed by atoms with E-state index in [1.807, 2.05) is 31.2 Å². The van der Waals surface area contributed by atoms with Gasteiger partial charge >= 0.3 is 0 Å². The van der Waals surface area contributed by atoms with Gasteiger partial charge in [0.05, 0.1) is 4.90 Å². The second kappa shape index (κ2) is 5.57. The van der Waals surface area contributed by atoms with Gasteiger partial charge in [0, 0.05) is 11.7 Å². The number of carbonyl (C=O) groups is 1. The highest BCUT2D eigenvalue weighted by molar-refractivity contribution is 7.92. The fourth-order valence-corrected chi connectivity index (χ4v) is 4.09. The Kier molecular flexibility index (Phi) is 3.74. The summed E-state index contributed by atoms with van der Waals surface area (Å²) in [5.41, 5.74) is 1.91. The lowest BCUT2D eigenvalue weighted by Crippen LogP contribution is -2.39. The molecule has 1 amide bonds. The summed E-state index contributed by atoms with van der Waals surface area (Å²) in [6.45, 7) is 1.94. The Morgan fingerprint density at radius 3 is 2.45 bits per heavy atom. The lowest BCUT2D eigenvalue weighted by atomic mass is 10.1. The highest BCUT2D eigenvalue weighted by atomic mass is 32.2. The number of rotatable bonds is 3. The Hall–Kier alpha value is -2.14. The molecule has 1 unspecified atom stereocenters. The molecule has 0 N–H and O–H groups in total. The van der Waals surface area contributed by atoms with Crippen LogP contribution < -0.4 is 4.90 Å². The number of amides is 1. The third-order valence-corrected chi connectivity index (χ3v) is 5.51. The predicted octanol–water partition coefficient (Wildman–Crippen LogP) is 2.44. The van der Waals surface area contributed by atoms with Gasteiger partial charge < -0.3 is 4.90 Å². The number of sulfone groups is 1. The van der Waals surface area contributed by atoms with Crippen LogP contribution in [-0.4, -0.2) is 26.1 Å². The molecule has 0 aromatic heterocycles. The number of hydrogen-bond acceptors (Lipinski definition) is 3. The van der Waals surface area contributed by atoms with E-state index in [0.29, 0.717) is 0 Å². The fourth-order valence-electron chi connectivity index (χ4n) is 2.89. The third kappa shape index (κ3) is 2.64. The smallest absolute Gasteiger partial charge is 0.242 e. The van der Waals surface area contributed by atoms with E-state index in [-0.39, 0.29) is 16.8 Å². The Morgan fingerprint density at radius 2 is 1.73 bits per heavy atom. The zero-order valence-electron chi connectivity index (χ0n) is 12.3. The molecule has 1 aliphatic heterocycles. The highest BCUT2D eigenvalue weighted by Gasteiger charge is 2.33. The lowest BCUT2D eigenvalue weighted by Gasteiger charge is -2.22. The van der Waals surface area contributed by atoms with Crippen molar-refractivity contribution in [2.75, 3.05) is 10.7 Å². The summed E-state index contributed by atoms with van der Waals surface area (Å²) in [5.74, 6) is -0.878. The molecule has 0 radical (unpaired) electrons. The van der Waals surface area contributed by atoms with Crippen molar-refractivity contribution in [3.63, 3.8) is 0 Å². The molecule has 0 bridgehead atoms. The van der Waals surface area contributed by atoms with Crippen molar-refractivity contribution < 1.29 is 13.2 Å². The first-order valence-corrected chi connectivity index (χ1v) is 8.82. The average Bonchev–Trinajstić information content (AvgIpc) is 2.83. The summed E-state index contributed by atoms with van der Waals surface area (Å²) in [7, 11) is -3.61. The largest absolute Gasteiger partial charge is 0.308 e. The first-order chi connectivity index (χ1) is 10.5. The standard InChI is InChI=1S/C17H17NO3S/c1-13-11-14-7-5-6-10-16(14)18(13)17(19)12-22(20,21)15-8-3-2-4-9-15/h2-10,13H,11-12H2,1H3. The van der Waals surface area contributed by atoms with Crippen molar-refractivity contribution in [3.05, 3.63) is 60.2 Å². The summed E-state index contributed by atoms with van der Waals surface area (Å²) in [4.78, 5) is 14.3. The van der Waals surface area contributed by atoms with Gasteiger partial charge in [-0.25, -0.2) is 8.42 Å². The third-order valence-electron chi connectivity index (χ3n) is 3.89. The van der Waals surface area contributed by atoms with Gasteiger partial charge in [-0.1, -0.05) is 36.4 Å². The number of para-hydroxylation sites is 1. The molecule has 2 aromatic rings. The minimum absolute atomic E-state index is 0.0177. The van der Waals surface area contributed by atoms with Crippen molar-refractivity contribution in [2.24, 2.45) is 0 Å². The van der Waals surface area contributed by atoms with Crippen molar-refractivity contribution in [1.82, 2.24) is 0 Å². The van der Waals surface area contributed by atoms with Crippen LogP contribution in [0.25, 0.3) is 0 Å². The second-order valence-corrected chi connectivity index (χ2v) is 7.51. The first kappa shape index (κ1) is 14.8. The van der Waals surface area contributed by atoms with Crippen molar-refractivity contribution in [3.8, 4) is 0 Å². The van der Waals surface area contributed by atoms with Crippen molar-refractivity contribution in [1.29, 1.82) is 0 Å². The molecule has 1 atom stereocenters. The SMILES string of the molecule is CC1Cc2ccccc2N1C(=O)CS(=O)(=O)c1ccccc1. The van der Waals surface area contributed by atoms with Crippen LogP contribution >= 0.6 is 0 Å². The second-order valence-electron chi connectivity index (χ2n) is 5.52. The van der Waals surface area contributed by atoms with Crippen molar-refractivity contribution in [2.45, 2.75) is 24.3 Å². The fraction of sp³-hybridized carbons (Fsp3) is 0.235. The lowest BCUT2D eigenvalue weighted by molar-refractivity contribution is -0.116. The van der Waals surface area contributed by atoms with E-state index in [1.165, 1.54) is 12.1 Å². The summed E-state index contributed by atoms with van der Waals surface area (Å²) in [6, 6.07) is 15.7. The molecule has 0 aliphatic carbocycles. The van der Waals surface area contributed by atoms with Crippen LogP contribution in [0.15, 0.2) is 59.5 Å². The number of anilines is 1. The van der Waals surface area contributed by atoms with E-state index in [9.17, 15) is 13.2 Å². The van der Waals surface area contributed by atoms with Gasteiger partial charge in [0.15, 0.2) is 9.84 Å². The molecule has 0 saturated carbocycles.